The third kappa shape index (κ3) is 3.42. The van der Waals surface area contributed by atoms with Gasteiger partial charge in [-0.1, -0.05) is 15.9 Å². The average molecular weight is 458 g/mol. The van der Waals surface area contributed by atoms with Gasteiger partial charge in [0.15, 0.2) is 0 Å². The van der Waals surface area contributed by atoms with E-state index in [9.17, 15) is 4.39 Å². The summed E-state index contributed by atoms with van der Waals surface area (Å²) < 4.78 is 16.1. The van der Waals surface area contributed by atoms with Crippen molar-refractivity contribution < 1.29 is 4.39 Å². The molecule has 2 N–H and O–H groups in total. The van der Waals surface area contributed by atoms with E-state index < -0.39 is 0 Å². The molecule has 0 saturated carbocycles. The van der Waals surface area contributed by atoms with Gasteiger partial charge in [-0.3, -0.25) is 0 Å². The second kappa shape index (κ2) is 6.13. The highest BCUT2D eigenvalue weighted by atomic mass is 79.9. The number of hydrogen-bond acceptors (Lipinski definition) is 2. The smallest absolute Gasteiger partial charge is 0.123 e. The van der Waals surface area contributed by atoms with Crippen LogP contribution in [0, 0.1) is 5.82 Å². The lowest BCUT2D eigenvalue weighted by molar-refractivity contribution is 0.621. The number of hydrogen-bond donors (Lipinski definition) is 1. The number of rotatable bonds is 3. The van der Waals surface area contributed by atoms with Crippen LogP contribution in [0.15, 0.2) is 36.3 Å². The number of nitrogens with two attached hydrogens (primary N) is 1. The predicted molar refractivity (Wildman–Crippen MR) is 84.5 cm³/mol. The Hall–Kier alpha value is 0.250. The van der Waals surface area contributed by atoms with E-state index in [2.05, 4.69) is 47.8 Å². The average Bonchev–Trinajstić information content (AvgIpc) is 2.63. The Labute approximate surface area is 134 Å². The summed E-state index contributed by atoms with van der Waals surface area (Å²) in [6.07, 6.45) is 0.583. The second-order valence-electron chi connectivity index (χ2n) is 3.83. The van der Waals surface area contributed by atoms with Crippen LogP contribution in [0.3, 0.4) is 0 Å². The minimum Gasteiger partial charge on any atom is -0.324 e. The number of benzene rings is 1. The zero-order valence-electron chi connectivity index (χ0n) is 9.09. The van der Waals surface area contributed by atoms with E-state index in [1.165, 1.54) is 12.1 Å². The highest BCUT2D eigenvalue weighted by Crippen LogP contribution is 2.36. The van der Waals surface area contributed by atoms with E-state index in [-0.39, 0.29) is 11.9 Å². The van der Waals surface area contributed by atoms with Crippen molar-refractivity contribution >= 4 is 59.1 Å². The Bertz CT molecular complexity index is 570. The summed E-state index contributed by atoms with van der Waals surface area (Å²) in [5.74, 6) is -0.244. The van der Waals surface area contributed by atoms with Crippen LogP contribution in [-0.4, -0.2) is 0 Å². The first-order valence-corrected chi connectivity index (χ1v) is 8.31. The van der Waals surface area contributed by atoms with Gasteiger partial charge in [-0.25, -0.2) is 4.39 Å². The summed E-state index contributed by atoms with van der Waals surface area (Å²) in [5, 5.41) is 0. The molecule has 2 aromatic rings. The highest BCUT2D eigenvalue weighted by molar-refractivity contribution is 9.12. The van der Waals surface area contributed by atoms with Gasteiger partial charge in [-0.15, -0.1) is 11.3 Å². The van der Waals surface area contributed by atoms with Crippen LogP contribution in [0.1, 0.15) is 17.2 Å². The number of thiophene rings is 1. The molecule has 1 atom stereocenters. The molecule has 1 heterocycles. The third-order valence-corrected chi connectivity index (χ3v) is 5.69. The molecule has 0 saturated heterocycles. The fourth-order valence-corrected chi connectivity index (χ4v) is 5.06. The predicted octanol–water partition coefficient (Wildman–Crippen LogP) is 5.42. The Kier molecular flexibility index (Phi) is 4.99. The van der Waals surface area contributed by atoms with Gasteiger partial charge in [-0.05, 0) is 73.7 Å². The summed E-state index contributed by atoms with van der Waals surface area (Å²) in [6.45, 7) is 0. The summed E-state index contributed by atoms with van der Waals surface area (Å²) in [6, 6.07) is 6.47. The van der Waals surface area contributed by atoms with Crippen LogP contribution in [0.5, 0.6) is 0 Å². The van der Waals surface area contributed by atoms with Crippen molar-refractivity contribution in [1.29, 1.82) is 0 Å². The van der Waals surface area contributed by atoms with Crippen molar-refractivity contribution in [3.63, 3.8) is 0 Å². The third-order valence-electron chi connectivity index (χ3n) is 2.53. The summed E-state index contributed by atoms with van der Waals surface area (Å²) in [7, 11) is 0. The zero-order chi connectivity index (χ0) is 13.3. The van der Waals surface area contributed by atoms with E-state index in [1.54, 1.807) is 17.4 Å². The van der Waals surface area contributed by atoms with Crippen molar-refractivity contribution in [2.75, 3.05) is 0 Å². The minimum atomic E-state index is -0.244. The van der Waals surface area contributed by atoms with Gasteiger partial charge >= 0.3 is 0 Å². The van der Waals surface area contributed by atoms with Crippen LogP contribution in [0.4, 0.5) is 4.39 Å². The summed E-state index contributed by atoms with van der Waals surface area (Å²) in [5.41, 5.74) is 8.08. The SMILES string of the molecule is NC(Cc1cc(F)ccc1Br)c1cc(Br)sc1Br. The summed E-state index contributed by atoms with van der Waals surface area (Å²) in [4.78, 5) is 0. The molecule has 2 rings (SSSR count). The molecule has 0 aliphatic rings. The van der Waals surface area contributed by atoms with Gasteiger partial charge in [0.1, 0.15) is 5.82 Å². The van der Waals surface area contributed by atoms with Crippen molar-refractivity contribution in [3.05, 3.63) is 53.3 Å². The first-order valence-electron chi connectivity index (χ1n) is 5.11. The zero-order valence-corrected chi connectivity index (χ0v) is 14.7. The lowest BCUT2D eigenvalue weighted by Crippen LogP contribution is -2.13. The van der Waals surface area contributed by atoms with Gasteiger partial charge < -0.3 is 5.73 Å². The van der Waals surface area contributed by atoms with Crippen molar-refractivity contribution in [3.8, 4) is 0 Å². The maximum Gasteiger partial charge on any atom is 0.123 e. The van der Waals surface area contributed by atoms with Gasteiger partial charge in [-0.2, -0.15) is 0 Å². The molecule has 0 aliphatic heterocycles. The van der Waals surface area contributed by atoms with Gasteiger partial charge in [0, 0.05) is 10.5 Å². The normalized spacial score (nSPS) is 12.7. The number of halogens is 4. The molecule has 1 aromatic carbocycles. The van der Waals surface area contributed by atoms with Crippen molar-refractivity contribution in [2.45, 2.75) is 12.5 Å². The van der Waals surface area contributed by atoms with Crippen molar-refractivity contribution in [1.82, 2.24) is 0 Å². The van der Waals surface area contributed by atoms with E-state index >= 15 is 0 Å². The molecular formula is C12H9Br3FNS. The molecule has 0 fully saturated rings. The topological polar surface area (TPSA) is 26.0 Å². The molecular weight excluding hydrogens is 449 g/mol. The lowest BCUT2D eigenvalue weighted by atomic mass is 10.0. The maximum atomic E-state index is 13.2. The quantitative estimate of drug-likeness (QED) is 0.654. The molecule has 0 aliphatic carbocycles. The van der Waals surface area contributed by atoms with Crippen molar-refractivity contribution in [2.24, 2.45) is 5.73 Å². The fourth-order valence-electron chi connectivity index (χ4n) is 1.65. The van der Waals surface area contributed by atoms with E-state index in [1.807, 2.05) is 6.07 Å². The molecule has 0 spiro atoms. The van der Waals surface area contributed by atoms with Gasteiger partial charge in [0.2, 0.25) is 0 Å². The maximum absolute atomic E-state index is 13.2. The molecule has 96 valence electrons. The highest BCUT2D eigenvalue weighted by Gasteiger charge is 2.15. The van der Waals surface area contributed by atoms with Crippen LogP contribution < -0.4 is 5.73 Å². The Balaban J connectivity index is 2.23. The second-order valence-corrected chi connectivity index (χ2v) is 8.43. The lowest BCUT2D eigenvalue weighted by Gasteiger charge is -2.12. The molecule has 0 bridgehead atoms. The minimum absolute atomic E-state index is 0.167. The molecule has 18 heavy (non-hydrogen) atoms. The van der Waals surface area contributed by atoms with E-state index in [0.29, 0.717) is 6.42 Å². The molecule has 0 radical (unpaired) electrons. The molecule has 1 unspecified atom stereocenters. The molecule has 1 aromatic heterocycles. The molecule has 6 heteroatoms. The van der Waals surface area contributed by atoms with Crippen LogP contribution in [0.25, 0.3) is 0 Å². The largest absolute Gasteiger partial charge is 0.324 e. The molecule has 1 nitrogen and oxygen atoms in total. The Morgan fingerprint density at radius 1 is 1.22 bits per heavy atom. The molecule has 0 amide bonds. The van der Waals surface area contributed by atoms with Gasteiger partial charge in [0.05, 0.1) is 7.57 Å². The van der Waals surface area contributed by atoms with Gasteiger partial charge in [0.25, 0.3) is 0 Å². The fraction of sp³-hybridized carbons (Fsp3) is 0.167. The summed E-state index contributed by atoms with van der Waals surface area (Å²) >= 11 is 11.9. The Morgan fingerprint density at radius 2 is 1.94 bits per heavy atom. The monoisotopic (exact) mass is 455 g/mol. The van der Waals surface area contributed by atoms with Crippen LogP contribution >= 0.6 is 59.1 Å². The first-order chi connectivity index (χ1) is 8.47. The Morgan fingerprint density at radius 3 is 2.56 bits per heavy atom. The van der Waals surface area contributed by atoms with Crippen LogP contribution in [-0.2, 0) is 6.42 Å². The van der Waals surface area contributed by atoms with E-state index in [4.69, 9.17) is 5.73 Å². The standard InChI is InChI=1S/C12H9Br3FNS/c13-9-2-1-7(16)3-6(9)4-10(17)8-5-11(14)18-12(8)15/h1-3,5,10H,4,17H2. The van der Waals surface area contributed by atoms with Crippen LogP contribution in [0.2, 0.25) is 0 Å². The first kappa shape index (κ1) is 14.7. The van der Waals surface area contributed by atoms with E-state index in [0.717, 1.165) is 23.2 Å².